The second kappa shape index (κ2) is 10.6. The Morgan fingerprint density at radius 2 is 1.67 bits per heavy atom. The lowest BCUT2D eigenvalue weighted by Crippen LogP contribution is -2.40. The van der Waals surface area contributed by atoms with Crippen LogP contribution in [0.3, 0.4) is 0 Å². The highest BCUT2D eigenvalue weighted by atomic mass is 16.5. The number of hydrogen-bond donors (Lipinski definition) is 3. The molecule has 0 atom stereocenters. The first-order valence-corrected chi connectivity index (χ1v) is 9.10. The predicted molar refractivity (Wildman–Crippen MR) is 109 cm³/mol. The highest BCUT2D eigenvalue weighted by molar-refractivity contribution is 5.96. The molecular formula is C20H22N4O6. The van der Waals surface area contributed by atoms with Crippen LogP contribution in [0.1, 0.15) is 24.2 Å². The number of carbonyl (C=O) groups excluding carboxylic acids is 4. The zero-order valence-electron chi connectivity index (χ0n) is 16.6. The van der Waals surface area contributed by atoms with Gasteiger partial charge in [0.1, 0.15) is 5.56 Å². The largest absolute Gasteiger partial charge is 0.452 e. The topological polar surface area (TPSA) is 138 Å². The van der Waals surface area contributed by atoms with E-state index in [0.29, 0.717) is 11.4 Å². The summed E-state index contributed by atoms with van der Waals surface area (Å²) >= 11 is 0. The number of esters is 1. The summed E-state index contributed by atoms with van der Waals surface area (Å²) in [5.41, 5.74) is 0.247. The summed E-state index contributed by atoms with van der Waals surface area (Å²) in [6.07, 6.45) is 1.37. The second-order valence-corrected chi connectivity index (χ2v) is 6.20. The average molecular weight is 414 g/mol. The van der Waals surface area contributed by atoms with Gasteiger partial charge in [-0.25, -0.2) is 4.79 Å². The monoisotopic (exact) mass is 414 g/mol. The Morgan fingerprint density at radius 1 is 1.03 bits per heavy atom. The van der Waals surface area contributed by atoms with E-state index in [1.807, 2.05) is 0 Å². The van der Waals surface area contributed by atoms with Crippen LogP contribution in [0.15, 0.2) is 47.4 Å². The molecule has 0 bridgehead atoms. The number of ether oxygens (including phenoxy) is 1. The lowest BCUT2D eigenvalue weighted by Gasteiger charge is -2.20. The molecule has 0 spiro atoms. The zero-order valence-corrected chi connectivity index (χ0v) is 16.6. The van der Waals surface area contributed by atoms with Crippen molar-refractivity contribution in [1.29, 1.82) is 0 Å². The summed E-state index contributed by atoms with van der Waals surface area (Å²) in [4.78, 5) is 62.6. The number of rotatable bonds is 8. The van der Waals surface area contributed by atoms with Crippen LogP contribution >= 0.6 is 0 Å². The highest BCUT2D eigenvalue weighted by Crippen LogP contribution is 2.13. The van der Waals surface area contributed by atoms with E-state index < -0.39 is 29.9 Å². The third-order valence-electron chi connectivity index (χ3n) is 3.92. The standard InChI is InChI=1S/C20H22N4O6/c1-3-24(18(27)12-30-20(29)16-5-4-10-21-19(16)28)11-17(26)23-15-8-6-14(7-9-15)22-13(2)25/h4-10H,3,11-12H2,1-2H3,(H,21,28)(H,22,25)(H,23,26). The van der Waals surface area contributed by atoms with Crippen molar-refractivity contribution < 1.29 is 23.9 Å². The average Bonchev–Trinajstić information content (AvgIpc) is 2.71. The minimum absolute atomic E-state index is 0.207. The van der Waals surface area contributed by atoms with Crippen LogP contribution in [0.5, 0.6) is 0 Å². The molecular weight excluding hydrogens is 392 g/mol. The fourth-order valence-corrected chi connectivity index (χ4v) is 2.47. The molecule has 1 aromatic heterocycles. The molecule has 0 fully saturated rings. The van der Waals surface area contributed by atoms with E-state index in [-0.39, 0.29) is 24.6 Å². The van der Waals surface area contributed by atoms with Gasteiger partial charge in [-0.05, 0) is 43.3 Å². The number of aromatic amines is 1. The Kier molecular flexibility index (Phi) is 7.86. The fourth-order valence-electron chi connectivity index (χ4n) is 2.47. The molecule has 1 heterocycles. The molecule has 0 saturated carbocycles. The molecule has 10 heteroatoms. The van der Waals surface area contributed by atoms with Gasteiger partial charge in [-0.15, -0.1) is 0 Å². The maximum atomic E-state index is 12.3. The number of nitrogens with zero attached hydrogens (tertiary/aromatic N) is 1. The third-order valence-corrected chi connectivity index (χ3v) is 3.92. The van der Waals surface area contributed by atoms with Crippen molar-refractivity contribution in [2.75, 3.05) is 30.3 Å². The summed E-state index contributed by atoms with van der Waals surface area (Å²) in [6.45, 7) is 2.45. The normalized spacial score (nSPS) is 10.1. The van der Waals surface area contributed by atoms with Crippen LogP contribution in [-0.2, 0) is 19.1 Å². The number of hydrogen-bond acceptors (Lipinski definition) is 6. The van der Waals surface area contributed by atoms with E-state index in [4.69, 9.17) is 4.74 Å². The van der Waals surface area contributed by atoms with Crippen molar-refractivity contribution in [2.45, 2.75) is 13.8 Å². The Hall–Kier alpha value is -3.95. The van der Waals surface area contributed by atoms with E-state index in [2.05, 4.69) is 15.6 Å². The number of aromatic nitrogens is 1. The minimum Gasteiger partial charge on any atom is -0.452 e. The van der Waals surface area contributed by atoms with Crippen molar-refractivity contribution in [1.82, 2.24) is 9.88 Å². The van der Waals surface area contributed by atoms with Crippen molar-refractivity contribution in [3.63, 3.8) is 0 Å². The molecule has 3 amide bonds. The Bertz CT molecular complexity index is 983. The van der Waals surface area contributed by atoms with Gasteiger partial charge in [0.25, 0.3) is 11.5 Å². The van der Waals surface area contributed by atoms with Gasteiger partial charge in [-0.3, -0.25) is 19.2 Å². The molecule has 30 heavy (non-hydrogen) atoms. The van der Waals surface area contributed by atoms with E-state index in [9.17, 15) is 24.0 Å². The second-order valence-electron chi connectivity index (χ2n) is 6.20. The molecule has 2 rings (SSSR count). The maximum Gasteiger partial charge on any atom is 0.344 e. The van der Waals surface area contributed by atoms with Gasteiger partial charge < -0.3 is 25.3 Å². The third kappa shape index (κ3) is 6.59. The Morgan fingerprint density at radius 3 is 2.23 bits per heavy atom. The Balaban J connectivity index is 1.87. The lowest BCUT2D eigenvalue weighted by atomic mass is 10.2. The van der Waals surface area contributed by atoms with E-state index in [1.165, 1.54) is 30.2 Å². The number of likely N-dealkylation sites (N-methyl/N-ethyl adjacent to an activating group) is 1. The summed E-state index contributed by atoms with van der Waals surface area (Å²) in [5.74, 6) is -2.15. The molecule has 0 aliphatic carbocycles. The summed E-state index contributed by atoms with van der Waals surface area (Å²) < 4.78 is 4.88. The van der Waals surface area contributed by atoms with Crippen LogP contribution in [-0.4, -0.2) is 53.3 Å². The van der Waals surface area contributed by atoms with Gasteiger partial charge >= 0.3 is 5.97 Å². The van der Waals surface area contributed by atoms with Crippen molar-refractivity contribution in [3.05, 3.63) is 58.5 Å². The number of carbonyl (C=O) groups is 4. The van der Waals surface area contributed by atoms with E-state index in [1.54, 1.807) is 31.2 Å². The van der Waals surface area contributed by atoms with Crippen LogP contribution in [0.2, 0.25) is 0 Å². The first kappa shape index (κ1) is 22.3. The van der Waals surface area contributed by atoms with Gasteiger partial charge in [0.2, 0.25) is 11.8 Å². The maximum absolute atomic E-state index is 12.3. The molecule has 1 aromatic carbocycles. The van der Waals surface area contributed by atoms with Crippen LogP contribution in [0.4, 0.5) is 11.4 Å². The lowest BCUT2D eigenvalue weighted by molar-refractivity contribution is -0.137. The molecule has 0 unspecified atom stereocenters. The van der Waals surface area contributed by atoms with Gasteiger partial charge in [-0.1, -0.05) is 0 Å². The van der Waals surface area contributed by atoms with Gasteiger partial charge in [-0.2, -0.15) is 0 Å². The molecule has 158 valence electrons. The van der Waals surface area contributed by atoms with Gasteiger partial charge in [0.15, 0.2) is 6.61 Å². The Labute approximate surface area is 172 Å². The zero-order chi connectivity index (χ0) is 22.1. The molecule has 10 nitrogen and oxygen atoms in total. The molecule has 3 N–H and O–H groups in total. The molecule has 0 radical (unpaired) electrons. The van der Waals surface area contributed by atoms with E-state index in [0.717, 1.165) is 0 Å². The molecule has 0 aliphatic heterocycles. The fraction of sp³-hybridized carbons (Fsp3) is 0.250. The number of nitrogens with one attached hydrogen (secondary N) is 3. The van der Waals surface area contributed by atoms with Crippen molar-refractivity contribution in [3.8, 4) is 0 Å². The highest BCUT2D eigenvalue weighted by Gasteiger charge is 2.19. The SMILES string of the molecule is CCN(CC(=O)Nc1ccc(NC(C)=O)cc1)C(=O)COC(=O)c1ccc[nH]c1=O. The van der Waals surface area contributed by atoms with E-state index >= 15 is 0 Å². The smallest absolute Gasteiger partial charge is 0.344 e. The number of pyridine rings is 1. The molecule has 0 aliphatic rings. The van der Waals surface area contributed by atoms with Gasteiger partial charge in [0, 0.05) is 31.0 Å². The first-order chi connectivity index (χ1) is 14.3. The summed E-state index contributed by atoms with van der Waals surface area (Å²) in [6, 6.07) is 9.23. The minimum atomic E-state index is -0.926. The van der Waals surface area contributed by atoms with Crippen molar-refractivity contribution in [2.24, 2.45) is 0 Å². The predicted octanol–water partition coefficient (Wildman–Crippen LogP) is 0.977. The van der Waals surface area contributed by atoms with Crippen LogP contribution < -0.4 is 16.2 Å². The van der Waals surface area contributed by atoms with Crippen LogP contribution in [0, 0.1) is 0 Å². The molecule has 2 aromatic rings. The number of benzene rings is 1. The number of anilines is 2. The molecule has 0 saturated heterocycles. The van der Waals surface area contributed by atoms with Crippen molar-refractivity contribution >= 4 is 35.1 Å². The number of H-pyrrole nitrogens is 1. The van der Waals surface area contributed by atoms with Crippen LogP contribution in [0.25, 0.3) is 0 Å². The van der Waals surface area contributed by atoms with Gasteiger partial charge in [0.05, 0.1) is 6.54 Å². The number of amides is 3. The quantitative estimate of drug-likeness (QED) is 0.551. The first-order valence-electron chi connectivity index (χ1n) is 9.10. The summed E-state index contributed by atoms with van der Waals surface area (Å²) in [5, 5.41) is 5.25. The summed E-state index contributed by atoms with van der Waals surface area (Å²) in [7, 11) is 0.